The summed E-state index contributed by atoms with van der Waals surface area (Å²) >= 11 is 1.68. The predicted molar refractivity (Wildman–Crippen MR) is 112 cm³/mol. The molecule has 0 aliphatic heterocycles. The second-order valence-electron chi connectivity index (χ2n) is 6.60. The molecule has 27 heavy (non-hydrogen) atoms. The number of sulfonamides is 1. The maximum absolute atomic E-state index is 12.9. The Bertz CT molecular complexity index is 879. The number of nitrogens with zero attached hydrogens (tertiary/aromatic N) is 1. The normalized spacial score (nSPS) is 14.9. The largest absolute Gasteiger partial charge is 0.325 e. The molecule has 7 heteroatoms. The third-order valence-corrected chi connectivity index (χ3v) is 7.80. The molecule has 0 bridgehead atoms. The Hall–Kier alpha value is -1.99. The van der Waals surface area contributed by atoms with Crippen LogP contribution >= 0.6 is 11.8 Å². The number of benzene rings is 2. The summed E-state index contributed by atoms with van der Waals surface area (Å²) in [7, 11) is -2.18. The SMILES string of the molecule is CN(c1ccccc1)S(=O)(=O)c1cccc(NC(=O)CSC2CCCC2)c1. The van der Waals surface area contributed by atoms with Gasteiger partial charge in [0.1, 0.15) is 0 Å². The molecule has 1 aliphatic rings. The van der Waals surface area contributed by atoms with Crippen LogP contribution < -0.4 is 9.62 Å². The van der Waals surface area contributed by atoms with Crippen molar-refractivity contribution in [1.29, 1.82) is 0 Å². The average molecular weight is 405 g/mol. The van der Waals surface area contributed by atoms with Crippen LogP contribution in [0.4, 0.5) is 11.4 Å². The van der Waals surface area contributed by atoms with Gasteiger partial charge in [0.05, 0.1) is 16.3 Å². The van der Waals surface area contributed by atoms with Gasteiger partial charge in [-0.15, -0.1) is 11.8 Å². The summed E-state index contributed by atoms with van der Waals surface area (Å²) in [5.74, 6) is 0.295. The zero-order chi connectivity index (χ0) is 19.3. The Labute approximate surface area is 165 Å². The van der Waals surface area contributed by atoms with Gasteiger partial charge in [-0.3, -0.25) is 9.10 Å². The predicted octanol–water partition coefficient (Wildman–Crippen LogP) is 4.13. The van der Waals surface area contributed by atoms with E-state index < -0.39 is 10.0 Å². The highest BCUT2D eigenvalue weighted by Crippen LogP contribution is 2.29. The summed E-state index contributed by atoms with van der Waals surface area (Å²) in [6, 6.07) is 15.3. The van der Waals surface area contributed by atoms with Crippen LogP contribution in [0.1, 0.15) is 25.7 Å². The molecule has 2 aromatic rings. The third kappa shape index (κ3) is 5.05. The molecule has 3 rings (SSSR count). The summed E-state index contributed by atoms with van der Waals surface area (Å²) in [5.41, 5.74) is 1.08. The van der Waals surface area contributed by atoms with E-state index in [9.17, 15) is 13.2 Å². The molecule has 2 aromatic carbocycles. The lowest BCUT2D eigenvalue weighted by Crippen LogP contribution is -2.26. The summed E-state index contributed by atoms with van der Waals surface area (Å²) in [5, 5.41) is 3.39. The zero-order valence-corrected chi connectivity index (χ0v) is 16.9. The first-order chi connectivity index (χ1) is 13.0. The highest BCUT2D eigenvalue weighted by Gasteiger charge is 2.22. The maximum atomic E-state index is 12.9. The van der Waals surface area contributed by atoms with Crippen molar-refractivity contribution < 1.29 is 13.2 Å². The van der Waals surface area contributed by atoms with Gasteiger partial charge in [-0.1, -0.05) is 37.1 Å². The van der Waals surface area contributed by atoms with Gasteiger partial charge in [0, 0.05) is 18.0 Å². The Morgan fingerprint density at radius 1 is 1.11 bits per heavy atom. The molecule has 1 fully saturated rings. The molecule has 1 aliphatic carbocycles. The standard InChI is InChI=1S/C20H24N2O3S2/c1-22(17-9-3-2-4-10-17)27(24,25)19-13-7-8-16(14-19)21-20(23)15-26-18-11-5-6-12-18/h2-4,7-10,13-14,18H,5-6,11-12,15H2,1H3,(H,21,23). The molecule has 1 N–H and O–H groups in total. The first-order valence-corrected chi connectivity index (χ1v) is 11.5. The lowest BCUT2D eigenvalue weighted by atomic mass is 10.3. The number of rotatable bonds is 7. The number of para-hydroxylation sites is 1. The fourth-order valence-corrected chi connectivity index (χ4v) is 5.48. The van der Waals surface area contributed by atoms with Crippen LogP contribution in [-0.2, 0) is 14.8 Å². The summed E-state index contributed by atoms with van der Waals surface area (Å²) in [4.78, 5) is 12.3. The van der Waals surface area contributed by atoms with Crippen molar-refractivity contribution in [3.8, 4) is 0 Å². The molecule has 0 saturated heterocycles. The van der Waals surface area contributed by atoms with Crippen molar-refractivity contribution in [2.45, 2.75) is 35.8 Å². The highest BCUT2D eigenvalue weighted by atomic mass is 32.2. The van der Waals surface area contributed by atoms with Crippen molar-refractivity contribution in [2.24, 2.45) is 0 Å². The third-order valence-electron chi connectivity index (χ3n) is 4.65. The lowest BCUT2D eigenvalue weighted by Gasteiger charge is -2.20. The number of nitrogens with one attached hydrogen (secondary N) is 1. The Morgan fingerprint density at radius 3 is 2.52 bits per heavy atom. The van der Waals surface area contributed by atoms with Crippen LogP contribution in [0.5, 0.6) is 0 Å². The molecule has 0 aromatic heterocycles. The van der Waals surface area contributed by atoms with E-state index >= 15 is 0 Å². The van der Waals surface area contributed by atoms with E-state index in [4.69, 9.17) is 0 Å². The van der Waals surface area contributed by atoms with Gasteiger partial charge in [0.25, 0.3) is 10.0 Å². The number of thioether (sulfide) groups is 1. The summed E-state index contributed by atoms with van der Waals surface area (Å²) in [6.45, 7) is 0. The number of anilines is 2. The summed E-state index contributed by atoms with van der Waals surface area (Å²) in [6.07, 6.45) is 4.84. The van der Waals surface area contributed by atoms with E-state index in [1.807, 2.05) is 6.07 Å². The molecule has 0 spiro atoms. The number of carbonyl (C=O) groups excluding carboxylic acids is 1. The number of carbonyl (C=O) groups is 1. The minimum Gasteiger partial charge on any atom is -0.325 e. The van der Waals surface area contributed by atoms with E-state index in [1.165, 1.54) is 49.2 Å². The minimum atomic E-state index is -3.70. The maximum Gasteiger partial charge on any atom is 0.264 e. The molecule has 0 heterocycles. The van der Waals surface area contributed by atoms with Crippen LogP contribution in [-0.4, -0.2) is 32.4 Å². The van der Waals surface area contributed by atoms with Gasteiger partial charge in [0.15, 0.2) is 0 Å². The zero-order valence-electron chi connectivity index (χ0n) is 15.3. The quantitative estimate of drug-likeness (QED) is 0.754. The molecule has 0 atom stereocenters. The second-order valence-corrected chi connectivity index (χ2v) is 9.86. The van der Waals surface area contributed by atoms with E-state index in [2.05, 4.69) is 5.32 Å². The van der Waals surface area contributed by atoms with Crippen molar-refractivity contribution >= 4 is 39.1 Å². The Morgan fingerprint density at radius 2 is 1.81 bits per heavy atom. The van der Waals surface area contributed by atoms with Gasteiger partial charge in [-0.2, -0.15) is 0 Å². The van der Waals surface area contributed by atoms with Crippen LogP contribution in [0, 0.1) is 0 Å². The summed E-state index contributed by atoms with van der Waals surface area (Å²) < 4.78 is 27.0. The fraction of sp³-hybridized carbons (Fsp3) is 0.350. The van der Waals surface area contributed by atoms with Crippen LogP contribution in [0.2, 0.25) is 0 Å². The van der Waals surface area contributed by atoms with E-state index in [1.54, 1.807) is 48.2 Å². The van der Waals surface area contributed by atoms with Crippen LogP contribution in [0.25, 0.3) is 0 Å². The van der Waals surface area contributed by atoms with E-state index in [-0.39, 0.29) is 10.8 Å². The molecule has 1 amide bonds. The average Bonchev–Trinajstić information content (AvgIpc) is 3.20. The minimum absolute atomic E-state index is 0.0992. The highest BCUT2D eigenvalue weighted by molar-refractivity contribution is 8.00. The number of hydrogen-bond acceptors (Lipinski definition) is 4. The lowest BCUT2D eigenvalue weighted by molar-refractivity contribution is -0.113. The Balaban J connectivity index is 1.68. The molecule has 0 radical (unpaired) electrons. The molecule has 0 unspecified atom stereocenters. The van der Waals surface area contributed by atoms with Gasteiger partial charge in [-0.05, 0) is 43.2 Å². The van der Waals surface area contributed by atoms with Crippen molar-refractivity contribution in [3.63, 3.8) is 0 Å². The second kappa shape index (κ2) is 8.80. The molecular formula is C20H24N2O3S2. The van der Waals surface area contributed by atoms with Crippen molar-refractivity contribution in [1.82, 2.24) is 0 Å². The van der Waals surface area contributed by atoms with Gasteiger partial charge in [-0.25, -0.2) is 8.42 Å². The molecule has 1 saturated carbocycles. The first kappa shape index (κ1) is 19.8. The number of hydrogen-bond donors (Lipinski definition) is 1. The molecule has 5 nitrogen and oxygen atoms in total. The Kier molecular flexibility index (Phi) is 6.44. The monoisotopic (exact) mass is 404 g/mol. The van der Waals surface area contributed by atoms with Crippen molar-refractivity contribution in [2.75, 3.05) is 22.4 Å². The van der Waals surface area contributed by atoms with Gasteiger partial charge in [0.2, 0.25) is 5.91 Å². The van der Waals surface area contributed by atoms with E-state index in [0.29, 0.717) is 22.4 Å². The smallest absolute Gasteiger partial charge is 0.264 e. The van der Waals surface area contributed by atoms with Crippen LogP contribution in [0.3, 0.4) is 0 Å². The van der Waals surface area contributed by atoms with Gasteiger partial charge < -0.3 is 5.32 Å². The number of amides is 1. The van der Waals surface area contributed by atoms with E-state index in [0.717, 1.165) is 0 Å². The first-order valence-electron chi connectivity index (χ1n) is 9.02. The van der Waals surface area contributed by atoms with Crippen molar-refractivity contribution in [3.05, 3.63) is 54.6 Å². The molecular weight excluding hydrogens is 380 g/mol. The van der Waals surface area contributed by atoms with Crippen LogP contribution in [0.15, 0.2) is 59.5 Å². The molecule has 144 valence electrons. The topological polar surface area (TPSA) is 66.5 Å². The fourth-order valence-electron chi connectivity index (χ4n) is 3.11. The van der Waals surface area contributed by atoms with Gasteiger partial charge >= 0.3 is 0 Å².